The summed E-state index contributed by atoms with van der Waals surface area (Å²) in [7, 11) is 0. The lowest BCUT2D eigenvalue weighted by Crippen LogP contribution is -2.32. The lowest BCUT2D eigenvalue weighted by Gasteiger charge is -2.21. The van der Waals surface area contributed by atoms with Gasteiger partial charge in [-0.05, 0) is 59.5 Å². The molecular formula is C27H27NO3S. The molecule has 2 heterocycles. The van der Waals surface area contributed by atoms with Crippen LogP contribution in [0.3, 0.4) is 0 Å². The zero-order chi connectivity index (χ0) is 21.9. The molecule has 1 aliphatic heterocycles. The summed E-state index contributed by atoms with van der Waals surface area (Å²) in [4.78, 5) is 15.8. The fourth-order valence-electron chi connectivity index (χ4n) is 4.55. The van der Waals surface area contributed by atoms with E-state index >= 15 is 0 Å². The molecule has 0 spiro atoms. The maximum absolute atomic E-state index is 12.7. The first kappa shape index (κ1) is 20.8. The molecule has 0 fully saturated rings. The molecule has 1 aromatic heterocycles. The second-order valence-electron chi connectivity index (χ2n) is 8.28. The minimum Gasteiger partial charge on any atom is -0.487 e. The van der Waals surface area contributed by atoms with Gasteiger partial charge in [-0.15, -0.1) is 17.9 Å². The van der Waals surface area contributed by atoms with Crippen molar-refractivity contribution < 1.29 is 14.3 Å². The van der Waals surface area contributed by atoms with Crippen molar-refractivity contribution in [1.82, 2.24) is 4.90 Å². The molecule has 0 bridgehead atoms. The van der Waals surface area contributed by atoms with Crippen LogP contribution in [-0.4, -0.2) is 24.0 Å². The Labute approximate surface area is 193 Å². The molecule has 164 valence electrons. The summed E-state index contributed by atoms with van der Waals surface area (Å²) in [5, 5.41) is 2.08. The molecule has 32 heavy (non-hydrogen) atoms. The van der Waals surface area contributed by atoms with Crippen molar-refractivity contribution in [3.8, 4) is 21.9 Å². The van der Waals surface area contributed by atoms with Gasteiger partial charge in [0.05, 0.1) is 6.54 Å². The van der Waals surface area contributed by atoms with E-state index in [-0.39, 0.29) is 12.0 Å². The third kappa shape index (κ3) is 4.17. The quantitative estimate of drug-likeness (QED) is 0.426. The number of amides is 1. The van der Waals surface area contributed by atoms with Gasteiger partial charge in [-0.25, -0.2) is 0 Å². The van der Waals surface area contributed by atoms with Crippen molar-refractivity contribution in [3.05, 3.63) is 83.3 Å². The molecule has 3 aromatic rings. The van der Waals surface area contributed by atoms with E-state index in [9.17, 15) is 4.79 Å². The highest BCUT2D eigenvalue weighted by atomic mass is 32.1. The Morgan fingerprint density at radius 1 is 1.22 bits per heavy atom. The van der Waals surface area contributed by atoms with Crippen LogP contribution in [0.4, 0.5) is 0 Å². The van der Waals surface area contributed by atoms with Crippen molar-refractivity contribution in [3.63, 3.8) is 0 Å². The van der Waals surface area contributed by atoms with Gasteiger partial charge in [0, 0.05) is 23.4 Å². The van der Waals surface area contributed by atoms with Gasteiger partial charge in [0.1, 0.15) is 12.7 Å². The van der Waals surface area contributed by atoms with Crippen molar-refractivity contribution in [2.45, 2.75) is 38.3 Å². The summed E-state index contributed by atoms with van der Waals surface area (Å²) in [5.74, 6) is 1.68. The van der Waals surface area contributed by atoms with Crippen LogP contribution in [0.1, 0.15) is 42.1 Å². The molecule has 5 heteroatoms. The van der Waals surface area contributed by atoms with E-state index in [1.54, 1.807) is 17.4 Å². The number of carbonyl (C=O) groups is 1. The van der Waals surface area contributed by atoms with Gasteiger partial charge in [-0.1, -0.05) is 36.4 Å². The van der Waals surface area contributed by atoms with Crippen molar-refractivity contribution in [2.75, 3.05) is 13.2 Å². The molecule has 1 atom stereocenters. The van der Waals surface area contributed by atoms with Crippen LogP contribution in [0.25, 0.3) is 10.4 Å². The highest BCUT2D eigenvalue weighted by molar-refractivity contribution is 7.13. The van der Waals surface area contributed by atoms with Crippen LogP contribution in [0.2, 0.25) is 0 Å². The minimum absolute atomic E-state index is 0.0195. The molecule has 5 rings (SSSR count). The molecule has 0 saturated heterocycles. The fraction of sp³-hybridized carbons (Fsp3) is 0.296. The van der Waals surface area contributed by atoms with E-state index in [1.165, 1.54) is 16.0 Å². The zero-order valence-corrected chi connectivity index (χ0v) is 18.9. The number of carbonyl (C=O) groups excluding carboxylic acids is 1. The Kier molecular flexibility index (Phi) is 5.99. The predicted molar refractivity (Wildman–Crippen MR) is 128 cm³/mol. The summed E-state index contributed by atoms with van der Waals surface area (Å²) in [5.41, 5.74) is 4.72. The third-order valence-corrected chi connectivity index (χ3v) is 7.09. The SMILES string of the molecule is C=CCCC(=O)N1CCOc2c(cc(-c3cccs3)cc2O[C@H]2CCc3ccccc32)C1. The first-order valence-electron chi connectivity index (χ1n) is 11.2. The maximum atomic E-state index is 12.7. The number of benzene rings is 2. The molecule has 2 aliphatic rings. The molecule has 1 amide bonds. The average Bonchev–Trinajstić information content (AvgIpc) is 3.43. The minimum atomic E-state index is 0.0195. The molecule has 0 saturated carbocycles. The molecule has 2 aromatic carbocycles. The molecular weight excluding hydrogens is 418 g/mol. The van der Waals surface area contributed by atoms with Crippen LogP contribution in [0.5, 0.6) is 11.5 Å². The molecule has 1 aliphatic carbocycles. The van der Waals surface area contributed by atoms with E-state index < -0.39 is 0 Å². The molecule has 0 radical (unpaired) electrons. The van der Waals surface area contributed by atoms with Gasteiger partial charge >= 0.3 is 0 Å². The number of thiophene rings is 1. The van der Waals surface area contributed by atoms with Crippen LogP contribution >= 0.6 is 11.3 Å². The average molecular weight is 446 g/mol. The maximum Gasteiger partial charge on any atom is 0.223 e. The standard InChI is InChI=1S/C27H27NO3S/c1-2-3-10-26(29)28-13-14-30-27-21(18-28)16-20(25-9-6-15-32-25)17-24(27)31-23-12-11-19-7-4-5-8-22(19)23/h2,4-9,15-17,23H,1,3,10-14,18H2/t23-/m0/s1. The van der Waals surface area contributed by atoms with Crippen LogP contribution < -0.4 is 9.47 Å². The van der Waals surface area contributed by atoms with E-state index in [0.717, 1.165) is 35.5 Å². The highest BCUT2D eigenvalue weighted by Crippen LogP contribution is 2.43. The normalized spacial score (nSPS) is 17.1. The Balaban J connectivity index is 1.50. The molecule has 0 N–H and O–H groups in total. The number of hydrogen-bond donors (Lipinski definition) is 0. The Morgan fingerprint density at radius 2 is 2.12 bits per heavy atom. The Morgan fingerprint density at radius 3 is 2.97 bits per heavy atom. The first-order chi connectivity index (χ1) is 15.7. The van der Waals surface area contributed by atoms with Crippen LogP contribution in [0.15, 0.2) is 66.6 Å². The number of nitrogens with zero attached hydrogens (tertiary/aromatic N) is 1. The van der Waals surface area contributed by atoms with Crippen molar-refractivity contribution in [2.24, 2.45) is 0 Å². The van der Waals surface area contributed by atoms with Crippen molar-refractivity contribution in [1.29, 1.82) is 0 Å². The number of rotatable bonds is 6. The lowest BCUT2D eigenvalue weighted by molar-refractivity contribution is -0.131. The monoisotopic (exact) mass is 445 g/mol. The highest BCUT2D eigenvalue weighted by Gasteiger charge is 2.28. The topological polar surface area (TPSA) is 38.8 Å². The van der Waals surface area contributed by atoms with Gasteiger partial charge in [-0.2, -0.15) is 0 Å². The fourth-order valence-corrected chi connectivity index (χ4v) is 5.26. The Bertz CT molecular complexity index is 1120. The molecule has 0 unspecified atom stereocenters. The Hall–Kier alpha value is -3.05. The van der Waals surface area contributed by atoms with E-state index in [0.29, 0.717) is 32.5 Å². The number of ether oxygens (including phenoxy) is 2. The van der Waals surface area contributed by atoms with Crippen LogP contribution in [0, 0.1) is 0 Å². The van der Waals surface area contributed by atoms with Gasteiger partial charge in [-0.3, -0.25) is 4.79 Å². The summed E-state index contributed by atoms with van der Waals surface area (Å²) < 4.78 is 12.8. The smallest absolute Gasteiger partial charge is 0.223 e. The summed E-state index contributed by atoms with van der Waals surface area (Å²) in [6.45, 7) is 5.30. The van der Waals surface area contributed by atoms with Gasteiger partial charge in [0.2, 0.25) is 5.91 Å². The molecule has 4 nitrogen and oxygen atoms in total. The number of allylic oxidation sites excluding steroid dienone is 1. The van der Waals surface area contributed by atoms with E-state index in [2.05, 4.69) is 60.5 Å². The summed E-state index contributed by atoms with van der Waals surface area (Å²) >= 11 is 1.70. The van der Waals surface area contributed by atoms with Gasteiger partial charge in [0.25, 0.3) is 0 Å². The second kappa shape index (κ2) is 9.21. The van der Waals surface area contributed by atoms with E-state index in [4.69, 9.17) is 9.47 Å². The largest absolute Gasteiger partial charge is 0.487 e. The number of aryl methyl sites for hydroxylation is 1. The zero-order valence-electron chi connectivity index (χ0n) is 18.1. The lowest BCUT2D eigenvalue weighted by atomic mass is 10.1. The second-order valence-corrected chi connectivity index (χ2v) is 9.22. The summed E-state index contributed by atoms with van der Waals surface area (Å²) in [6.07, 6.45) is 4.97. The van der Waals surface area contributed by atoms with E-state index in [1.807, 2.05) is 4.90 Å². The van der Waals surface area contributed by atoms with Gasteiger partial charge in [0.15, 0.2) is 11.5 Å². The number of fused-ring (bicyclic) bond motifs is 2. The first-order valence-corrected chi connectivity index (χ1v) is 12.1. The van der Waals surface area contributed by atoms with Gasteiger partial charge < -0.3 is 14.4 Å². The van der Waals surface area contributed by atoms with Crippen molar-refractivity contribution >= 4 is 17.2 Å². The number of hydrogen-bond acceptors (Lipinski definition) is 4. The predicted octanol–water partition coefficient (Wildman–Crippen LogP) is 6.17. The third-order valence-electron chi connectivity index (χ3n) is 6.17. The summed E-state index contributed by atoms with van der Waals surface area (Å²) in [6, 6.07) is 16.9. The van der Waals surface area contributed by atoms with Crippen LogP contribution in [-0.2, 0) is 17.8 Å².